The van der Waals surface area contributed by atoms with E-state index < -0.39 is 0 Å². The van der Waals surface area contributed by atoms with Crippen LogP contribution >= 0.6 is 0 Å². The molecule has 1 aliphatic heterocycles. The number of Topliss-reactive ketones (excluding diaryl/α,β-unsaturated/α-hetero) is 1. The molecule has 2 amide bonds. The SMILES string of the molecule is Cc1cccc(C(=O)CN2C(=O)CC(C)(C)CC2=O)c1. The Kier molecular flexibility index (Phi) is 3.75. The molecule has 1 aliphatic rings. The highest BCUT2D eigenvalue weighted by Crippen LogP contribution is 2.31. The van der Waals surface area contributed by atoms with Crippen LogP contribution in [0.5, 0.6) is 0 Å². The van der Waals surface area contributed by atoms with Gasteiger partial charge in [0.15, 0.2) is 5.78 Å². The number of hydrogen-bond acceptors (Lipinski definition) is 3. The lowest BCUT2D eigenvalue weighted by atomic mass is 9.81. The quantitative estimate of drug-likeness (QED) is 0.627. The lowest BCUT2D eigenvalue weighted by molar-refractivity contribution is -0.151. The van der Waals surface area contributed by atoms with Gasteiger partial charge in [0.25, 0.3) is 0 Å². The molecule has 0 bridgehead atoms. The number of hydrogen-bond donors (Lipinski definition) is 0. The van der Waals surface area contributed by atoms with Gasteiger partial charge in [0, 0.05) is 18.4 Å². The fourth-order valence-electron chi connectivity index (χ4n) is 2.44. The Morgan fingerprint density at radius 2 is 1.80 bits per heavy atom. The van der Waals surface area contributed by atoms with E-state index in [1.165, 1.54) is 0 Å². The number of nitrogens with zero attached hydrogens (tertiary/aromatic N) is 1. The molecule has 4 nitrogen and oxygen atoms in total. The minimum Gasteiger partial charge on any atom is -0.292 e. The zero-order chi connectivity index (χ0) is 14.9. The van der Waals surface area contributed by atoms with Crippen LogP contribution in [-0.2, 0) is 9.59 Å². The molecule has 0 spiro atoms. The van der Waals surface area contributed by atoms with E-state index in [1.807, 2.05) is 26.8 Å². The van der Waals surface area contributed by atoms with Crippen LogP contribution < -0.4 is 0 Å². The van der Waals surface area contributed by atoms with Crippen molar-refractivity contribution in [3.63, 3.8) is 0 Å². The molecule has 1 saturated heterocycles. The molecule has 106 valence electrons. The van der Waals surface area contributed by atoms with E-state index in [4.69, 9.17) is 0 Å². The Morgan fingerprint density at radius 1 is 1.20 bits per heavy atom. The molecule has 4 heteroatoms. The molecule has 0 N–H and O–H groups in total. The van der Waals surface area contributed by atoms with Gasteiger partial charge in [-0.25, -0.2) is 0 Å². The number of amides is 2. The van der Waals surface area contributed by atoms with Crippen LogP contribution in [0.25, 0.3) is 0 Å². The van der Waals surface area contributed by atoms with E-state index in [-0.39, 0.29) is 29.6 Å². The van der Waals surface area contributed by atoms with Crippen molar-refractivity contribution in [3.8, 4) is 0 Å². The highest BCUT2D eigenvalue weighted by molar-refractivity contribution is 6.06. The van der Waals surface area contributed by atoms with Crippen molar-refractivity contribution in [2.75, 3.05) is 6.54 Å². The van der Waals surface area contributed by atoms with Gasteiger partial charge in [-0.2, -0.15) is 0 Å². The van der Waals surface area contributed by atoms with Crippen LogP contribution in [0, 0.1) is 12.3 Å². The summed E-state index contributed by atoms with van der Waals surface area (Å²) in [5.41, 5.74) is 1.21. The van der Waals surface area contributed by atoms with Crippen LogP contribution in [-0.4, -0.2) is 29.0 Å². The second-order valence-electron chi connectivity index (χ2n) is 6.18. The topological polar surface area (TPSA) is 54.5 Å². The maximum absolute atomic E-state index is 12.2. The molecule has 1 fully saturated rings. The van der Waals surface area contributed by atoms with Crippen LogP contribution in [0.3, 0.4) is 0 Å². The smallest absolute Gasteiger partial charge is 0.230 e. The molecule has 1 aromatic carbocycles. The summed E-state index contributed by atoms with van der Waals surface area (Å²) in [7, 11) is 0. The first-order valence-corrected chi connectivity index (χ1v) is 6.71. The first kappa shape index (κ1) is 14.4. The van der Waals surface area contributed by atoms with E-state index in [0.717, 1.165) is 10.5 Å². The van der Waals surface area contributed by atoms with E-state index in [1.54, 1.807) is 18.2 Å². The third kappa shape index (κ3) is 3.13. The van der Waals surface area contributed by atoms with E-state index in [9.17, 15) is 14.4 Å². The van der Waals surface area contributed by atoms with Gasteiger partial charge in [-0.3, -0.25) is 19.3 Å². The maximum Gasteiger partial charge on any atom is 0.230 e. The Bertz CT molecular complexity index is 555. The molecule has 0 unspecified atom stereocenters. The Labute approximate surface area is 118 Å². The third-order valence-electron chi connectivity index (χ3n) is 3.50. The van der Waals surface area contributed by atoms with Gasteiger partial charge in [-0.05, 0) is 18.4 Å². The molecule has 0 aliphatic carbocycles. The van der Waals surface area contributed by atoms with Gasteiger partial charge in [-0.1, -0.05) is 37.6 Å². The highest BCUT2D eigenvalue weighted by Gasteiger charge is 2.38. The second kappa shape index (κ2) is 5.19. The summed E-state index contributed by atoms with van der Waals surface area (Å²) in [5.74, 6) is -0.713. The minimum absolute atomic E-state index is 0.156. The van der Waals surface area contributed by atoms with E-state index in [0.29, 0.717) is 18.4 Å². The van der Waals surface area contributed by atoms with E-state index in [2.05, 4.69) is 0 Å². The van der Waals surface area contributed by atoms with Gasteiger partial charge in [0.2, 0.25) is 11.8 Å². The lowest BCUT2D eigenvalue weighted by Crippen LogP contribution is -2.48. The summed E-state index contributed by atoms with van der Waals surface area (Å²) in [6.07, 6.45) is 0.611. The molecule has 0 saturated carbocycles. The van der Waals surface area contributed by atoms with Crippen LogP contribution in [0.15, 0.2) is 24.3 Å². The van der Waals surface area contributed by atoms with Gasteiger partial charge in [-0.15, -0.1) is 0 Å². The average Bonchev–Trinajstić information content (AvgIpc) is 2.32. The molecule has 2 rings (SSSR count). The fraction of sp³-hybridized carbons (Fsp3) is 0.438. The summed E-state index contributed by atoms with van der Waals surface area (Å²) < 4.78 is 0. The van der Waals surface area contributed by atoms with Crippen molar-refractivity contribution < 1.29 is 14.4 Å². The number of piperidine rings is 1. The standard InChI is InChI=1S/C16H19NO3/c1-11-5-4-6-12(7-11)13(18)10-17-14(19)8-16(2,3)9-15(17)20/h4-7H,8-10H2,1-3H3. The predicted molar refractivity (Wildman–Crippen MR) is 75.2 cm³/mol. The number of rotatable bonds is 3. The predicted octanol–water partition coefficient (Wildman–Crippen LogP) is 2.35. The van der Waals surface area contributed by atoms with Gasteiger partial charge in [0.05, 0.1) is 6.54 Å². The maximum atomic E-state index is 12.2. The van der Waals surface area contributed by atoms with Gasteiger partial charge < -0.3 is 0 Å². The summed E-state index contributed by atoms with van der Waals surface area (Å²) in [6, 6.07) is 7.17. The number of likely N-dealkylation sites (tertiary alicyclic amines) is 1. The first-order chi connectivity index (χ1) is 9.28. The Balaban J connectivity index is 2.12. The molecule has 20 heavy (non-hydrogen) atoms. The van der Waals surface area contributed by atoms with Crippen molar-refractivity contribution in [2.45, 2.75) is 33.6 Å². The lowest BCUT2D eigenvalue weighted by Gasteiger charge is -2.34. The van der Waals surface area contributed by atoms with Crippen LogP contribution in [0.4, 0.5) is 0 Å². The number of carbonyl (C=O) groups is 3. The molecule has 0 atom stereocenters. The summed E-state index contributed by atoms with van der Waals surface area (Å²) in [5, 5.41) is 0. The number of aryl methyl sites for hydroxylation is 1. The molecule has 0 radical (unpaired) electrons. The zero-order valence-corrected chi connectivity index (χ0v) is 12.1. The Hall–Kier alpha value is -1.97. The summed E-state index contributed by atoms with van der Waals surface area (Å²) in [4.78, 5) is 37.3. The molecular weight excluding hydrogens is 254 g/mol. The van der Waals surface area contributed by atoms with Crippen molar-refractivity contribution in [2.24, 2.45) is 5.41 Å². The number of benzene rings is 1. The number of carbonyl (C=O) groups excluding carboxylic acids is 3. The molecule has 1 heterocycles. The third-order valence-corrected chi connectivity index (χ3v) is 3.50. The largest absolute Gasteiger partial charge is 0.292 e. The highest BCUT2D eigenvalue weighted by atomic mass is 16.2. The van der Waals surface area contributed by atoms with Crippen molar-refractivity contribution in [1.82, 2.24) is 4.90 Å². The summed E-state index contributed by atoms with van der Waals surface area (Å²) >= 11 is 0. The minimum atomic E-state index is -0.308. The normalized spacial score (nSPS) is 18.2. The first-order valence-electron chi connectivity index (χ1n) is 6.71. The van der Waals surface area contributed by atoms with Crippen molar-refractivity contribution >= 4 is 17.6 Å². The van der Waals surface area contributed by atoms with Crippen molar-refractivity contribution in [1.29, 1.82) is 0 Å². The summed E-state index contributed by atoms with van der Waals surface area (Å²) in [6.45, 7) is 5.53. The fourth-order valence-corrected chi connectivity index (χ4v) is 2.44. The average molecular weight is 273 g/mol. The molecule has 0 aromatic heterocycles. The Morgan fingerprint density at radius 3 is 2.35 bits per heavy atom. The van der Waals surface area contributed by atoms with Gasteiger partial charge >= 0.3 is 0 Å². The number of imide groups is 1. The molecule has 1 aromatic rings. The monoisotopic (exact) mass is 273 g/mol. The molecular formula is C16H19NO3. The van der Waals surface area contributed by atoms with Gasteiger partial charge in [0.1, 0.15) is 0 Å². The van der Waals surface area contributed by atoms with Crippen LogP contribution in [0.1, 0.15) is 42.6 Å². The number of ketones is 1. The zero-order valence-electron chi connectivity index (χ0n) is 12.1. The van der Waals surface area contributed by atoms with Crippen LogP contribution in [0.2, 0.25) is 0 Å². The van der Waals surface area contributed by atoms with Crippen molar-refractivity contribution in [3.05, 3.63) is 35.4 Å². The van der Waals surface area contributed by atoms with E-state index >= 15 is 0 Å². The second-order valence-corrected chi connectivity index (χ2v) is 6.18.